The zero-order chi connectivity index (χ0) is 18.9. The van der Waals surface area contributed by atoms with Crippen molar-refractivity contribution in [3.63, 3.8) is 0 Å². The van der Waals surface area contributed by atoms with Crippen LogP contribution in [-0.2, 0) is 4.79 Å². The Morgan fingerprint density at radius 1 is 1.27 bits per heavy atom. The first-order valence-corrected chi connectivity index (χ1v) is 10.1. The minimum atomic E-state index is -1.10. The molecular formula is C22H32O4. The lowest BCUT2D eigenvalue weighted by Gasteiger charge is -2.61. The van der Waals surface area contributed by atoms with Crippen molar-refractivity contribution in [1.82, 2.24) is 0 Å². The van der Waals surface area contributed by atoms with E-state index < -0.39 is 17.1 Å². The molecule has 0 aromatic rings. The highest BCUT2D eigenvalue weighted by Crippen LogP contribution is 2.68. The lowest BCUT2D eigenvalue weighted by Crippen LogP contribution is -2.60. The predicted molar refractivity (Wildman–Crippen MR) is 99.3 cm³/mol. The summed E-state index contributed by atoms with van der Waals surface area (Å²) in [5.74, 6) is 1.04. The van der Waals surface area contributed by atoms with Gasteiger partial charge in [-0.05, 0) is 73.3 Å². The van der Waals surface area contributed by atoms with Crippen molar-refractivity contribution in [2.24, 2.45) is 28.6 Å². The first-order valence-electron chi connectivity index (χ1n) is 10.1. The van der Waals surface area contributed by atoms with Gasteiger partial charge < -0.3 is 15.3 Å². The Hall–Kier alpha value is -0.970. The molecule has 4 rings (SSSR count). The number of rotatable bonds is 2. The molecule has 0 saturated heterocycles. The summed E-state index contributed by atoms with van der Waals surface area (Å²) in [5, 5.41) is 32.3. The smallest absolute Gasteiger partial charge is 0.155 e. The van der Waals surface area contributed by atoms with E-state index in [1.165, 1.54) is 5.57 Å². The molecule has 4 unspecified atom stereocenters. The van der Waals surface area contributed by atoms with Gasteiger partial charge in [0.2, 0.25) is 0 Å². The highest BCUT2D eigenvalue weighted by molar-refractivity contribution is 5.91. The molecule has 0 heterocycles. The second kappa shape index (κ2) is 5.76. The van der Waals surface area contributed by atoms with Crippen LogP contribution >= 0.6 is 0 Å². The first-order chi connectivity index (χ1) is 12.2. The third-order valence-electron chi connectivity index (χ3n) is 8.82. The fraction of sp³-hybridized carbons (Fsp3) is 0.773. The van der Waals surface area contributed by atoms with Crippen LogP contribution in [0.2, 0.25) is 0 Å². The highest BCUT2D eigenvalue weighted by Gasteiger charge is 2.66. The van der Waals surface area contributed by atoms with E-state index in [9.17, 15) is 20.1 Å². The number of allylic oxidation sites excluding steroid dienone is 1. The number of fused-ring (bicyclic) bond motifs is 5. The van der Waals surface area contributed by atoms with Gasteiger partial charge in [-0.1, -0.05) is 26.0 Å². The molecule has 0 bridgehead atoms. The molecule has 3 fully saturated rings. The van der Waals surface area contributed by atoms with Gasteiger partial charge in [0.05, 0.1) is 18.3 Å². The van der Waals surface area contributed by atoms with Crippen molar-refractivity contribution in [3.05, 3.63) is 23.8 Å². The number of carbonyl (C=O) groups excluding carboxylic acids is 1. The maximum atomic E-state index is 11.9. The normalized spacial score (nSPS) is 50.5. The molecule has 4 heteroatoms. The zero-order valence-electron chi connectivity index (χ0n) is 16.0. The summed E-state index contributed by atoms with van der Waals surface area (Å²) in [5.41, 5.74) is 0.0596. The van der Waals surface area contributed by atoms with E-state index in [4.69, 9.17) is 0 Å². The Morgan fingerprint density at radius 3 is 2.69 bits per heavy atom. The molecule has 0 aliphatic heterocycles. The van der Waals surface area contributed by atoms with Gasteiger partial charge in [-0.2, -0.15) is 0 Å². The summed E-state index contributed by atoms with van der Waals surface area (Å²) in [6.45, 7) is 8.06. The van der Waals surface area contributed by atoms with E-state index >= 15 is 0 Å². The molecule has 3 N–H and O–H groups in total. The fourth-order valence-electron chi connectivity index (χ4n) is 7.40. The molecule has 26 heavy (non-hydrogen) atoms. The number of aliphatic hydroxyl groups is 3. The van der Waals surface area contributed by atoms with Gasteiger partial charge in [0.25, 0.3) is 0 Å². The molecular weight excluding hydrogens is 328 g/mol. The van der Waals surface area contributed by atoms with Crippen LogP contribution in [0.3, 0.4) is 0 Å². The Bertz CT molecular complexity index is 682. The third-order valence-corrected chi connectivity index (χ3v) is 8.82. The molecule has 4 aliphatic rings. The predicted octanol–water partition coefficient (Wildman–Crippen LogP) is 2.77. The second-order valence-corrected chi connectivity index (χ2v) is 9.74. The van der Waals surface area contributed by atoms with E-state index in [1.54, 1.807) is 0 Å². The second-order valence-electron chi connectivity index (χ2n) is 9.74. The van der Waals surface area contributed by atoms with Crippen molar-refractivity contribution in [2.75, 3.05) is 6.61 Å². The van der Waals surface area contributed by atoms with Crippen LogP contribution in [0.1, 0.15) is 58.8 Å². The summed E-state index contributed by atoms with van der Waals surface area (Å²) < 4.78 is 0. The first kappa shape index (κ1) is 18.4. The molecule has 0 spiro atoms. The van der Waals surface area contributed by atoms with Crippen molar-refractivity contribution < 1.29 is 20.1 Å². The van der Waals surface area contributed by atoms with E-state index in [2.05, 4.69) is 20.4 Å². The minimum Gasteiger partial charge on any atom is -0.393 e. The van der Waals surface area contributed by atoms with Crippen molar-refractivity contribution >= 4 is 5.78 Å². The van der Waals surface area contributed by atoms with Crippen LogP contribution in [-0.4, -0.2) is 39.4 Å². The van der Waals surface area contributed by atoms with Crippen molar-refractivity contribution in [1.29, 1.82) is 0 Å². The molecule has 0 aromatic carbocycles. The lowest BCUT2D eigenvalue weighted by molar-refractivity contribution is -0.162. The topological polar surface area (TPSA) is 77.8 Å². The largest absolute Gasteiger partial charge is 0.393 e. The van der Waals surface area contributed by atoms with Gasteiger partial charge >= 0.3 is 0 Å². The molecule has 144 valence electrons. The van der Waals surface area contributed by atoms with Gasteiger partial charge in [0.15, 0.2) is 5.78 Å². The molecule has 0 radical (unpaired) electrons. The van der Waals surface area contributed by atoms with Gasteiger partial charge in [0, 0.05) is 11.8 Å². The van der Waals surface area contributed by atoms with E-state index in [-0.39, 0.29) is 23.7 Å². The van der Waals surface area contributed by atoms with E-state index in [0.717, 1.165) is 25.7 Å². The molecule has 7 atom stereocenters. The molecule has 4 aliphatic carbocycles. The summed E-state index contributed by atoms with van der Waals surface area (Å²) in [4.78, 5) is 11.9. The maximum absolute atomic E-state index is 11.9. The standard InChI is InChI=1S/C22H32O4/c1-13(12-23)22(26)9-7-17-16-5-4-14-10-15(24)6-8-20(14,2)19(16)18(25)11-21(17,22)3/h10,16-19,23,25-26H,1,4-9,11-12H2,2-3H3/t16?,17?,18?,19?,20-,21-,22-/m0/s1. The summed E-state index contributed by atoms with van der Waals surface area (Å²) in [7, 11) is 0. The minimum absolute atomic E-state index is 0.105. The SMILES string of the molecule is C=C(CO)[C@@]1(O)CCC2C3CCC4=CC(=O)CC[C@]4(C)C3C(O)C[C@@]21C. The average molecular weight is 360 g/mol. The van der Waals surface area contributed by atoms with Crippen molar-refractivity contribution in [3.8, 4) is 0 Å². The Labute approximate surface area is 156 Å². The number of hydrogen-bond donors (Lipinski definition) is 3. The maximum Gasteiger partial charge on any atom is 0.155 e. The number of aliphatic hydroxyl groups excluding tert-OH is 2. The average Bonchev–Trinajstić information content (AvgIpc) is 2.86. The lowest BCUT2D eigenvalue weighted by atomic mass is 9.45. The van der Waals surface area contributed by atoms with Gasteiger partial charge in [0.1, 0.15) is 0 Å². The van der Waals surface area contributed by atoms with Crippen LogP contribution in [0.25, 0.3) is 0 Å². The Kier molecular flexibility index (Phi) is 4.08. The van der Waals surface area contributed by atoms with Gasteiger partial charge in [-0.15, -0.1) is 0 Å². The Morgan fingerprint density at radius 2 is 2.00 bits per heavy atom. The third kappa shape index (κ3) is 2.15. The van der Waals surface area contributed by atoms with Gasteiger partial charge in [-0.25, -0.2) is 0 Å². The fourth-order valence-corrected chi connectivity index (χ4v) is 7.40. The number of ketones is 1. The quantitative estimate of drug-likeness (QED) is 0.662. The highest BCUT2D eigenvalue weighted by atomic mass is 16.3. The van der Waals surface area contributed by atoms with Gasteiger partial charge in [-0.3, -0.25) is 4.79 Å². The molecule has 4 nitrogen and oxygen atoms in total. The summed E-state index contributed by atoms with van der Waals surface area (Å²) >= 11 is 0. The number of hydrogen-bond acceptors (Lipinski definition) is 4. The molecule has 3 saturated carbocycles. The van der Waals surface area contributed by atoms with Crippen LogP contribution in [0.5, 0.6) is 0 Å². The summed E-state index contributed by atoms with van der Waals surface area (Å²) in [6, 6.07) is 0. The van der Waals surface area contributed by atoms with Crippen molar-refractivity contribution in [2.45, 2.75) is 70.5 Å². The van der Waals surface area contributed by atoms with Crippen LogP contribution < -0.4 is 0 Å². The molecule has 0 aromatic heterocycles. The van der Waals surface area contributed by atoms with Crippen LogP contribution in [0, 0.1) is 28.6 Å². The number of carbonyl (C=O) groups is 1. The van der Waals surface area contributed by atoms with Crippen LogP contribution in [0.4, 0.5) is 0 Å². The monoisotopic (exact) mass is 360 g/mol. The Balaban J connectivity index is 1.74. The van der Waals surface area contributed by atoms with E-state index in [1.807, 2.05) is 6.08 Å². The van der Waals surface area contributed by atoms with E-state index in [0.29, 0.717) is 36.7 Å². The zero-order valence-corrected chi connectivity index (χ0v) is 16.0. The molecule has 0 amide bonds. The summed E-state index contributed by atoms with van der Waals surface area (Å²) in [6.07, 6.45) is 6.69. The van der Waals surface area contributed by atoms with Crippen LogP contribution in [0.15, 0.2) is 23.8 Å².